The number of para-hydroxylation sites is 1. The van der Waals surface area contributed by atoms with E-state index in [4.69, 9.17) is 4.74 Å². The van der Waals surface area contributed by atoms with Gasteiger partial charge in [-0.15, -0.1) is 35.3 Å². The Balaban J connectivity index is 0.00000312. The van der Waals surface area contributed by atoms with E-state index in [0.29, 0.717) is 19.7 Å². The summed E-state index contributed by atoms with van der Waals surface area (Å²) >= 11 is 1.67. The van der Waals surface area contributed by atoms with Gasteiger partial charge in [0.25, 0.3) is 0 Å². The Morgan fingerprint density at radius 3 is 2.80 bits per heavy atom. The lowest BCUT2D eigenvalue weighted by Crippen LogP contribution is -2.40. The van der Waals surface area contributed by atoms with Crippen LogP contribution in [0.25, 0.3) is 0 Å². The standard InChI is InChI=1S/C17H23FN4OS.HI/c1-4-16-21-13(12-24-16)11-20-17(19-2)22(3)9-10-23-15-8-6-5-7-14(15)18;/h5-8,12H,4,9-11H2,1-3H3,(H,19,20);1H. The van der Waals surface area contributed by atoms with Crippen molar-refractivity contribution in [3.8, 4) is 5.75 Å². The Morgan fingerprint density at radius 1 is 1.40 bits per heavy atom. The number of benzene rings is 1. The molecule has 2 aromatic rings. The van der Waals surface area contributed by atoms with Crippen LogP contribution in [0.1, 0.15) is 17.6 Å². The number of aromatic nitrogens is 1. The van der Waals surface area contributed by atoms with Crippen molar-refractivity contribution in [3.05, 3.63) is 46.2 Å². The van der Waals surface area contributed by atoms with Crippen molar-refractivity contribution in [2.45, 2.75) is 19.9 Å². The SMILES string of the molecule is CCc1nc(CNC(=NC)N(C)CCOc2ccccc2F)cs1.I. The number of aryl methyl sites for hydroxylation is 1. The summed E-state index contributed by atoms with van der Waals surface area (Å²) in [6.07, 6.45) is 0.951. The largest absolute Gasteiger partial charge is 0.489 e. The Bertz CT molecular complexity index is 680. The van der Waals surface area contributed by atoms with Gasteiger partial charge in [-0.1, -0.05) is 19.1 Å². The average molecular weight is 478 g/mol. The van der Waals surface area contributed by atoms with E-state index in [1.54, 1.807) is 36.6 Å². The topological polar surface area (TPSA) is 49.8 Å². The number of nitrogens with zero attached hydrogens (tertiary/aromatic N) is 3. The van der Waals surface area contributed by atoms with Gasteiger partial charge in [0, 0.05) is 19.5 Å². The summed E-state index contributed by atoms with van der Waals surface area (Å²) in [4.78, 5) is 10.7. The lowest BCUT2D eigenvalue weighted by Gasteiger charge is -2.21. The molecule has 0 atom stereocenters. The normalized spacial score (nSPS) is 11.0. The number of hydrogen-bond acceptors (Lipinski definition) is 4. The number of ether oxygens (including phenoxy) is 1. The average Bonchev–Trinajstić information content (AvgIpc) is 3.05. The van der Waals surface area contributed by atoms with Crippen molar-refractivity contribution >= 4 is 41.3 Å². The highest BCUT2D eigenvalue weighted by atomic mass is 127. The van der Waals surface area contributed by atoms with Gasteiger partial charge >= 0.3 is 0 Å². The molecule has 0 amide bonds. The summed E-state index contributed by atoms with van der Waals surface area (Å²) in [5, 5.41) is 6.46. The molecule has 2 rings (SSSR count). The first-order valence-electron chi connectivity index (χ1n) is 7.86. The summed E-state index contributed by atoms with van der Waals surface area (Å²) in [7, 11) is 3.65. The van der Waals surface area contributed by atoms with Gasteiger partial charge < -0.3 is 15.0 Å². The fourth-order valence-corrected chi connectivity index (χ4v) is 2.85. The first-order chi connectivity index (χ1) is 11.6. The van der Waals surface area contributed by atoms with Crippen LogP contribution in [0.5, 0.6) is 5.75 Å². The second-order valence-electron chi connectivity index (χ2n) is 5.19. The lowest BCUT2D eigenvalue weighted by molar-refractivity contribution is 0.270. The highest BCUT2D eigenvalue weighted by Crippen LogP contribution is 2.15. The maximum Gasteiger partial charge on any atom is 0.193 e. The molecule has 0 unspecified atom stereocenters. The number of nitrogens with one attached hydrogen (secondary N) is 1. The van der Waals surface area contributed by atoms with E-state index in [9.17, 15) is 4.39 Å². The van der Waals surface area contributed by atoms with E-state index in [2.05, 4.69) is 27.6 Å². The monoisotopic (exact) mass is 478 g/mol. The number of halogens is 2. The van der Waals surface area contributed by atoms with E-state index < -0.39 is 0 Å². The van der Waals surface area contributed by atoms with Crippen molar-refractivity contribution in [1.82, 2.24) is 15.2 Å². The van der Waals surface area contributed by atoms with Crippen LogP contribution in [0.3, 0.4) is 0 Å². The molecule has 0 aliphatic rings. The number of aliphatic imine (C=N–C) groups is 1. The highest BCUT2D eigenvalue weighted by molar-refractivity contribution is 14.0. The molecule has 5 nitrogen and oxygen atoms in total. The zero-order valence-electron chi connectivity index (χ0n) is 14.7. The van der Waals surface area contributed by atoms with Gasteiger partial charge in [-0.25, -0.2) is 9.37 Å². The fraction of sp³-hybridized carbons (Fsp3) is 0.412. The Morgan fingerprint density at radius 2 is 2.16 bits per heavy atom. The minimum atomic E-state index is -0.349. The van der Waals surface area contributed by atoms with Gasteiger partial charge in [0.15, 0.2) is 17.5 Å². The molecule has 0 aliphatic carbocycles. The Labute approximate surface area is 169 Å². The molecule has 8 heteroatoms. The molecular formula is C17H24FIN4OS. The van der Waals surface area contributed by atoms with E-state index in [-0.39, 0.29) is 35.5 Å². The van der Waals surface area contributed by atoms with Crippen molar-refractivity contribution in [1.29, 1.82) is 0 Å². The molecule has 0 bridgehead atoms. The molecule has 1 heterocycles. The Kier molecular flexibility index (Phi) is 9.73. The van der Waals surface area contributed by atoms with E-state index >= 15 is 0 Å². The summed E-state index contributed by atoms with van der Waals surface area (Å²) in [6.45, 7) is 3.68. The molecule has 1 N–H and O–H groups in total. The van der Waals surface area contributed by atoms with Crippen LogP contribution in [-0.2, 0) is 13.0 Å². The second kappa shape index (κ2) is 11.2. The molecule has 0 spiro atoms. The van der Waals surface area contributed by atoms with E-state index in [1.807, 2.05) is 11.9 Å². The van der Waals surface area contributed by atoms with Crippen molar-refractivity contribution in [2.24, 2.45) is 4.99 Å². The number of hydrogen-bond donors (Lipinski definition) is 1. The molecule has 1 aromatic heterocycles. The first-order valence-corrected chi connectivity index (χ1v) is 8.74. The van der Waals surface area contributed by atoms with Gasteiger partial charge in [-0.05, 0) is 18.6 Å². The minimum Gasteiger partial charge on any atom is -0.489 e. The zero-order chi connectivity index (χ0) is 17.4. The first kappa shape index (κ1) is 21.6. The molecule has 138 valence electrons. The maximum absolute atomic E-state index is 13.5. The third-order valence-corrected chi connectivity index (χ3v) is 4.47. The number of guanidine groups is 1. The highest BCUT2D eigenvalue weighted by Gasteiger charge is 2.08. The molecule has 1 aromatic carbocycles. The smallest absolute Gasteiger partial charge is 0.193 e. The third-order valence-electron chi connectivity index (χ3n) is 3.42. The molecule has 0 radical (unpaired) electrons. The van der Waals surface area contributed by atoms with Crippen LogP contribution in [0.4, 0.5) is 4.39 Å². The van der Waals surface area contributed by atoms with Gasteiger partial charge in [0.1, 0.15) is 6.61 Å². The van der Waals surface area contributed by atoms with E-state index in [1.165, 1.54) is 6.07 Å². The van der Waals surface area contributed by atoms with Gasteiger partial charge in [0.2, 0.25) is 0 Å². The summed E-state index contributed by atoms with van der Waals surface area (Å²) in [6, 6.07) is 6.40. The van der Waals surface area contributed by atoms with Gasteiger partial charge in [-0.3, -0.25) is 4.99 Å². The molecule has 0 aliphatic heterocycles. The van der Waals surface area contributed by atoms with Crippen LogP contribution in [-0.4, -0.2) is 43.1 Å². The molecule has 0 saturated heterocycles. The van der Waals surface area contributed by atoms with Gasteiger partial charge in [0.05, 0.1) is 23.8 Å². The predicted molar refractivity (Wildman–Crippen MR) is 112 cm³/mol. The number of thiazole rings is 1. The summed E-state index contributed by atoms with van der Waals surface area (Å²) < 4.78 is 19.0. The van der Waals surface area contributed by atoms with Crippen LogP contribution < -0.4 is 10.1 Å². The predicted octanol–water partition coefficient (Wildman–Crippen LogP) is 3.55. The fourth-order valence-electron chi connectivity index (χ4n) is 2.11. The third kappa shape index (κ3) is 6.77. The van der Waals surface area contributed by atoms with Crippen LogP contribution in [0, 0.1) is 5.82 Å². The quantitative estimate of drug-likeness (QED) is 0.376. The minimum absolute atomic E-state index is 0. The summed E-state index contributed by atoms with van der Waals surface area (Å²) in [5.74, 6) is 0.666. The molecule has 0 fully saturated rings. The maximum atomic E-state index is 13.5. The van der Waals surface area contributed by atoms with Crippen LogP contribution in [0.15, 0.2) is 34.6 Å². The molecule has 0 saturated carbocycles. The molecular weight excluding hydrogens is 454 g/mol. The number of rotatable bonds is 7. The zero-order valence-corrected chi connectivity index (χ0v) is 17.8. The van der Waals surface area contributed by atoms with Crippen molar-refractivity contribution in [3.63, 3.8) is 0 Å². The second-order valence-corrected chi connectivity index (χ2v) is 6.13. The van der Waals surface area contributed by atoms with Crippen molar-refractivity contribution in [2.75, 3.05) is 27.2 Å². The number of likely N-dealkylation sites (N-methyl/N-ethyl adjacent to an activating group) is 1. The van der Waals surface area contributed by atoms with Crippen molar-refractivity contribution < 1.29 is 9.13 Å². The van der Waals surface area contributed by atoms with Crippen LogP contribution >= 0.6 is 35.3 Å². The Hall–Kier alpha value is -1.42. The van der Waals surface area contributed by atoms with Crippen LogP contribution in [0.2, 0.25) is 0 Å². The lowest BCUT2D eigenvalue weighted by atomic mass is 10.3. The van der Waals surface area contributed by atoms with Gasteiger partial charge in [-0.2, -0.15) is 0 Å². The van der Waals surface area contributed by atoms with E-state index in [0.717, 1.165) is 23.1 Å². The summed E-state index contributed by atoms with van der Waals surface area (Å²) in [5.41, 5.74) is 1.01. The molecule has 25 heavy (non-hydrogen) atoms.